The highest BCUT2D eigenvalue weighted by atomic mass is 16.2. The molecule has 1 aromatic heterocycles. The summed E-state index contributed by atoms with van der Waals surface area (Å²) < 4.78 is 0. The van der Waals surface area contributed by atoms with Crippen LogP contribution >= 0.6 is 0 Å². The molecule has 3 rings (SSSR count). The van der Waals surface area contributed by atoms with Gasteiger partial charge >= 0.3 is 0 Å². The molecule has 1 atom stereocenters. The summed E-state index contributed by atoms with van der Waals surface area (Å²) >= 11 is 0. The number of carbonyl (C=O) groups excluding carboxylic acids is 1. The van der Waals surface area contributed by atoms with E-state index in [1.54, 1.807) is 6.33 Å². The summed E-state index contributed by atoms with van der Waals surface area (Å²) in [6, 6.07) is 0.542. The van der Waals surface area contributed by atoms with E-state index in [0.717, 1.165) is 30.2 Å². The number of nitrogens with zero attached hydrogens (tertiary/aromatic N) is 3. The van der Waals surface area contributed by atoms with Crippen LogP contribution in [0.3, 0.4) is 0 Å². The topological polar surface area (TPSA) is 58.1 Å². The predicted molar refractivity (Wildman–Crippen MR) is 72.8 cm³/mol. The molecule has 102 valence electrons. The van der Waals surface area contributed by atoms with Crippen LogP contribution in [0.15, 0.2) is 6.33 Å². The molecule has 1 saturated heterocycles. The summed E-state index contributed by atoms with van der Waals surface area (Å²) in [6.45, 7) is 5.72. The zero-order valence-electron chi connectivity index (χ0n) is 11.5. The van der Waals surface area contributed by atoms with Crippen LogP contribution in [0.5, 0.6) is 0 Å². The Morgan fingerprint density at radius 2 is 2.16 bits per heavy atom. The lowest BCUT2D eigenvalue weighted by Gasteiger charge is -2.16. The van der Waals surface area contributed by atoms with Crippen molar-refractivity contribution in [2.45, 2.75) is 39.2 Å². The molecule has 0 bridgehead atoms. The van der Waals surface area contributed by atoms with Gasteiger partial charge in [0.1, 0.15) is 12.1 Å². The maximum Gasteiger partial charge on any atom is 0.223 e. The molecule has 2 fully saturated rings. The first-order valence-corrected chi connectivity index (χ1v) is 6.96. The maximum absolute atomic E-state index is 11.9. The standard InChI is InChI=1S/C14H20N4O/c1-9-10(2)16-8-17-14(9)15-6-11-5-13(19)18(7-11)12-3-4-12/h8,11-12H,3-7H2,1-2H3,(H,15,16,17)/t11-/m1/s1. The molecule has 5 nitrogen and oxygen atoms in total. The van der Waals surface area contributed by atoms with Gasteiger partial charge in [-0.1, -0.05) is 0 Å². The maximum atomic E-state index is 11.9. The third kappa shape index (κ3) is 2.55. The van der Waals surface area contributed by atoms with Crippen LogP contribution in [0.25, 0.3) is 0 Å². The van der Waals surface area contributed by atoms with E-state index in [1.165, 1.54) is 12.8 Å². The summed E-state index contributed by atoms with van der Waals surface area (Å²) in [5.74, 6) is 1.62. The lowest BCUT2D eigenvalue weighted by Crippen LogP contribution is -2.28. The Kier molecular flexibility index (Phi) is 3.12. The van der Waals surface area contributed by atoms with Crippen molar-refractivity contribution < 1.29 is 4.79 Å². The van der Waals surface area contributed by atoms with E-state index in [9.17, 15) is 4.79 Å². The normalized spacial score (nSPS) is 22.9. The smallest absolute Gasteiger partial charge is 0.223 e. The van der Waals surface area contributed by atoms with Gasteiger partial charge in [-0.3, -0.25) is 4.79 Å². The zero-order chi connectivity index (χ0) is 13.4. The lowest BCUT2D eigenvalue weighted by atomic mass is 10.1. The third-order valence-corrected chi connectivity index (χ3v) is 4.12. The number of likely N-dealkylation sites (tertiary alicyclic amines) is 1. The largest absolute Gasteiger partial charge is 0.369 e. The summed E-state index contributed by atoms with van der Waals surface area (Å²) in [6.07, 6.45) is 4.64. The molecular weight excluding hydrogens is 240 g/mol. The molecule has 19 heavy (non-hydrogen) atoms. The second-order valence-electron chi connectivity index (χ2n) is 5.66. The lowest BCUT2D eigenvalue weighted by molar-refractivity contribution is -0.128. The van der Waals surface area contributed by atoms with Gasteiger partial charge in [-0.05, 0) is 26.7 Å². The summed E-state index contributed by atoms with van der Waals surface area (Å²) in [5, 5.41) is 3.37. The third-order valence-electron chi connectivity index (χ3n) is 4.12. The van der Waals surface area contributed by atoms with E-state index >= 15 is 0 Å². The predicted octanol–water partition coefficient (Wildman–Crippen LogP) is 1.52. The van der Waals surface area contributed by atoms with Gasteiger partial charge in [0.15, 0.2) is 0 Å². The van der Waals surface area contributed by atoms with Crippen molar-refractivity contribution in [3.05, 3.63) is 17.6 Å². The van der Waals surface area contributed by atoms with Crippen molar-refractivity contribution in [1.82, 2.24) is 14.9 Å². The molecule has 1 amide bonds. The van der Waals surface area contributed by atoms with Gasteiger partial charge in [-0.2, -0.15) is 0 Å². The minimum absolute atomic E-state index is 0.324. The Morgan fingerprint density at radius 3 is 2.89 bits per heavy atom. The number of aromatic nitrogens is 2. The molecule has 1 N–H and O–H groups in total. The Hall–Kier alpha value is -1.65. The molecule has 0 spiro atoms. The second-order valence-corrected chi connectivity index (χ2v) is 5.66. The Labute approximate surface area is 113 Å². The van der Waals surface area contributed by atoms with Crippen LogP contribution < -0.4 is 5.32 Å². The van der Waals surface area contributed by atoms with Crippen LogP contribution in [0.1, 0.15) is 30.5 Å². The SMILES string of the molecule is Cc1ncnc(NC[C@H]2CC(=O)N(C3CC3)C2)c1C. The Morgan fingerprint density at radius 1 is 1.37 bits per heavy atom. The van der Waals surface area contributed by atoms with Crippen LogP contribution in [0, 0.1) is 19.8 Å². The van der Waals surface area contributed by atoms with Crippen molar-refractivity contribution in [2.75, 3.05) is 18.4 Å². The fourth-order valence-corrected chi connectivity index (χ4v) is 2.64. The molecule has 0 unspecified atom stereocenters. The molecule has 2 heterocycles. The average Bonchev–Trinajstić information content (AvgIpc) is 3.16. The second kappa shape index (κ2) is 4.79. The van der Waals surface area contributed by atoms with E-state index in [4.69, 9.17) is 0 Å². The van der Waals surface area contributed by atoms with E-state index in [1.807, 2.05) is 13.8 Å². The minimum Gasteiger partial charge on any atom is -0.369 e. The van der Waals surface area contributed by atoms with Crippen LogP contribution in [0.4, 0.5) is 5.82 Å². The van der Waals surface area contributed by atoms with E-state index < -0.39 is 0 Å². The highest BCUT2D eigenvalue weighted by molar-refractivity contribution is 5.79. The molecule has 1 aliphatic heterocycles. The number of aryl methyl sites for hydroxylation is 1. The Balaban J connectivity index is 1.58. The van der Waals surface area contributed by atoms with Crippen molar-refractivity contribution in [3.63, 3.8) is 0 Å². The fourth-order valence-electron chi connectivity index (χ4n) is 2.64. The van der Waals surface area contributed by atoms with E-state index in [0.29, 0.717) is 24.3 Å². The number of carbonyl (C=O) groups is 1. The van der Waals surface area contributed by atoms with E-state index in [-0.39, 0.29) is 0 Å². The number of hydrogen-bond acceptors (Lipinski definition) is 4. The summed E-state index contributed by atoms with van der Waals surface area (Å²) in [5.41, 5.74) is 2.09. The van der Waals surface area contributed by atoms with Crippen LogP contribution in [-0.4, -0.2) is 39.9 Å². The monoisotopic (exact) mass is 260 g/mol. The Bertz CT molecular complexity index is 498. The molecular formula is C14H20N4O. The molecule has 0 aromatic carbocycles. The first kappa shape index (κ1) is 12.4. The van der Waals surface area contributed by atoms with Crippen molar-refractivity contribution >= 4 is 11.7 Å². The van der Waals surface area contributed by atoms with Crippen molar-refractivity contribution in [3.8, 4) is 0 Å². The number of rotatable bonds is 4. The average molecular weight is 260 g/mol. The molecule has 1 aliphatic carbocycles. The van der Waals surface area contributed by atoms with Gasteiger partial charge in [0.05, 0.1) is 0 Å². The molecule has 1 saturated carbocycles. The molecule has 2 aliphatic rings. The van der Waals surface area contributed by atoms with Crippen molar-refractivity contribution in [1.29, 1.82) is 0 Å². The van der Waals surface area contributed by atoms with E-state index in [2.05, 4.69) is 20.2 Å². The molecule has 1 aromatic rings. The summed E-state index contributed by atoms with van der Waals surface area (Å²) in [7, 11) is 0. The minimum atomic E-state index is 0.324. The van der Waals surface area contributed by atoms with Crippen LogP contribution in [0.2, 0.25) is 0 Å². The van der Waals surface area contributed by atoms with Gasteiger partial charge in [0, 0.05) is 42.7 Å². The highest BCUT2D eigenvalue weighted by Crippen LogP contribution is 2.32. The highest BCUT2D eigenvalue weighted by Gasteiger charge is 2.39. The number of nitrogens with one attached hydrogen (secondary N) is 1. The summed E-state index contributed by atoms with van der Waals surface area (Å²) in [4.78, 5) is 22.4. The van der Waals surface area contributed by atoms with Gasteiger partial charge < -0.3 is 10.2 Å². The first-order chi connectivity index (χ1) is 9.15. The fraction of sp³-hybridized carbons (Fsp3) is 0.643. The first-order valence-electron chi connectivity index (χ1n) is 6.96. The van der Waals surface area contributed by atoms with Crippen molar-refractivity contribution in [2.24, 2.45) is 5.92 Å². The van der Waals surface area contributed by atoms with Crippen LogP contribution in [-0.2, 0) is 4.79 Å². The quantitative estimate of drug-likeness (QED) is 0.891. The molecule has 5 heteroatoms. The van der Waals surface area contributed by atoms with Gasteiger partial charge in [0.25, 0.3) is 0 Å². The number of amides is 1. The zero-order valence-corrected chi connectivity index (χ0v) is 11.5. The number of hydrogen-bond donors (Lipinski definition) is 1. The van der Waals surface area contributed by atoms with Gasteiger partial charge in [0.2, 0.25) is 5.91 Å². The molecule has 0 radical (unpaired) electrons. The van der Waals surface area contributed by atoms with Gasteiger partial charge in [-0.15, -0.1) is 0 Å². The van der Waals surface area contributed by atoms with Gasteiger partial charge in [-0.25, -0.2) is 9.97 Å². The number of anilines is 1.